The van der Waals surface area contributed by atoms with Crippen LogP contribution in [0.25, 0.3) is 11.0 Å². The number of para-hydroxylation sites is 1. The van der Waals surface area contributed by atoms with Crippen LogP contribution in [0.2, 0.25) is 0 Å². The summed E-state index contributed by atoms with van der Waals surface area (Å²) in [5, 5.41) is 4.48. The van der Waals surface area contributed by atoms with E-state index in [2.05, 4.69) is 10.5 Å². The molecule has 2 aromatic carbocycles. The van der Waals surface area contributed by atoms with Crippen LogP contribution in [-0.2, 0) is 9.53 Å². The van der Waals surface area contributed by atoms with Gasteiger partial charge in [-0.15, -0.1) is 0 Å². The molecule has 8 heteroatoms. The average Bonchev–Trinajstić information content (AvgIpc) is 3.07. The van der Waals surface area contributed by atoms with Crippen molar-refractivity contribution in [2.24, 2.45) is 5.10 Å². The van der Waals surface area contributed by atoms with Crippen LogP contribution in [0.4, 0.5) is 0 Å². The zero-order valence-electron chi connectivity index (χ0n) is 16.9. The summed E-state index contributed by atoms with van der Waals surface area (Å²) in [6.07, 6.45) is 1.49. The van der Waals surface area contributed by atoms with Gasteiger partial charge in [-0.05, 0) is 44.2 Å². The molecule has 0 unspecified atom stereocenters. The maximum absolute atomic E-state index is 12.2. The molecule has 30 heavy (non-hydrogen) atoms. The highest BCUT2D eigenvalue weighted by Crippen LogP contribution is 2.29. The fourth-order valence-electron chi connectivity index (χ4n) is 2.87. The molecule has 0 bridgehead atoms. The van der Waals surface area contributed by atoms with Gasteiger partial charge in [0.1, 0.15) is 28.4 Å². The Morgan fingerprint density at radius 3 is 2.77 bits per heavy atom. The second-order valence-electron chi connectivity index (χ2n) is 6.24. The molecule has 3 rings (SSSR count). The lowest BCUT2D eigenvalue weighted by molar-refractivity contribution is -0.123. The van der Waals surface area contributed by atoms with Crippen molar-refractivity contribution >= 4 is 29.1 Å². The SMILES string of the molecule is CCOC(=O)c1c(C)oc2ccc(OCC(=O)N/N=C/c3ccccc3OC)cc12. The van der Waals surface area contributed by atoms with Crippen molar-refractivity contribution in [1.29, 1.82) is 0 Å². The summed E-state index contributed by atoms with van der Waals surface area (Å²) in [6.45, 7) is 3.44. The van der Waals surface area contributed by atoms with E-state index in [9.17, 15) is 9.59 Å². The number of amides is 1. The van der Waals surface area contributed by atoms with Crippen molar-refractivity contribution in [1.82, 2.24) is 5.43 Å². The summed E-state index contributed by atoms with van der Waals surface area (Å²) in [5.41, 5.74) is 4.01. The number of furan rings is 1. The van der Waals surface area contributed by atoms with Gasteiger partial charge >= 0.3 is 5.97 Å². The van der Waals surface area contributed by atoms with E-state index in [1.54, 1.807) is 45.2 Å². The molecule has 0 saturated carbocycles. The van der Waals surface area contributed by atoms with Gasteiger partial charge in [0.05, 0.1) is 19.9 Å². The van der Waals surface area contributed by atoms with E-state index in [4.69, 9.17) is 18.6 Å². The number of benzene rings is 2. The summed E-state index contributed by atoms with van der Waals surface area (Å²) in [5.74, 6) is 0.624. The van der Waals surface area contributed by atoms with Crippen molar-refractivity contribution < 1.29 is 28.2 Å². The molecule has 0 spiro atoms. The average molecular weight is 410 g/mol. The number of rotatable bonds is 8. The molecule has 1 heterocycles. The number of fused-ring (bicyclic) bond motifs is 1. The maximum atomic E-state index is 12.2. The first-order valence-electron chi connectivity index (χ1n) is 9.31. The lowest BCUT2D eigenvalue weighted by Gasteiger charge is -2.06. The van der Waals surface area contributed by atoms with Gasteiger partial charge in [-0.1, -0.05) is 12.1 Å². The van der Waals surface area contributed by atoms with Crippen LogP contribution in [0.3, 0.4) is 0 Å². The number of esters is 1. The highest BCUT2D eigenvalue weighted by Gasteiger charge is 2.20. The number of ether oxygens (including phenoxy) is 3. The van der Waals surface area contributed by atoms with Gasteiger partial charge in [0.15, 0.2) is 6.61 Å². The Kier molecular flexibility index (Phi) is 6.69. The third-order valence-electron chi connectivity index (χ3n) is 4.22. The molecule has 0 radical (unpaired) electrons. The predicted octanol–water partition coefficient (Wildman–Crippen LogP) is 3.46. The summed E-state index contributed by atoms with van der Waals surface area (Å²) in [4.78, 5) is 24.2. The molecule has 1 aromatic heterocycles. The van der Waals surface area contributed by atoms with Crippen LogP contribution in [0.5, 0.6) is 11.5 Å². The van der Waals surface area contributed by atoms with Crippen LogP contribution < -0.4 is 14.9 Å². The van der Waals surface area contributed by atoms with E-state index in [0.29, 0.717) is 33.8 Å². The number of nitrogens with zero attached hydrogens (tertiary/aromatic N) is 1. The minimum atomic E-state index is -0.464. The summed E-state index contributed by atoms with van der Waals surface area (Å²) in [6, 6.07) is 12.3. The smallest absolute Gasteiger partial charge is 0.342 e. The second kappa shape index (κ2) is 9.60. The second-order valence-corrected chi connectivity index (χ2v) is 6.24. The first kappa shape index (κ1) is 20.9. The fourth-order valence-corrected chi connectivity index (χ4v) is 2.87. The Balaban J connectivity index is 1.64. The Morgan fingerprint density at radius 1 is 1.20 bits per heavy atom. The minimum Gasteiger partial charge on any atom is -0.496 e. The van der Waals surface area contributed by atoms with Crippen LogP contribution in [-0.4, -0.2) is 38.4 Å². The van der Waals surface area contributed by atoms with Crippen molar-refractivity contribution in [3.63, 3.8) is 0 Å². The van der Waals surface area contributed by atoms with E-state index >= 15 is 0 Å². The van der Waals surface area contributed by atoms with E-state index in [1.165, 1.54) is 6.21 Å². The number of hydrogen-bond donors (Lipinski definition) is 1. The highest BCUT2D eigenvalue weighted by atomic mass is 16.5. The zero-order chi connectivity index (χ0) is 21.5. The molecular formula is C22H22N2O6. The van der Waals surface area contributed by atoms with Crippen molar-refractivity contribution in [2.45, 2.75) is 13.8 Å². The van der Waals surface area contributed by atoms with Gasteiger partial charge in [0.2, 0.25) is 0 Å². The van der Waals surface area contributed by atoms with Gasteiger partial charge in [-0.2, -0.15) is 5.10 Å². The van der Waals surface area contributed by atoms with Gasteiger partial charge in [-0.3, -0.25) is 4.79 Å². The quantitative estimate of drug-likeness (QED) is 0.347. The fraction of sp³-hybridized carbons (Fsp3) is 0.227. The third-order valence-corrected chi connectivity index (χ3v) is 4.22. The van der Waals surface area contributed by atoms with Crippen molar-refractivity contribution in [3.05, 3.63) is 59.4 Å². The number of carbonyl (C=O) groups excluding carboxylic acids is 2. The van der Waals surface area contributed by atoms with Gasteiger partial charge < -0.3 is 18.6 Å². The molecular weight excluding hydrogens is 388 g/mol. The van der Waals surface area contributed by atoms with Gasteiger partial charge in [-0.25, -0.2) is 10.2 Å². The number of nitrogens with one attached hydrogen (secondary N) is 1. The molecule has 8 nitrogen and oxygen atoms in total. The number of carbonyl (C=O) groups is 2. The molecule has 0 fully saturated rings. The van der Waals surface area contributed by atoms with E-state index in [-0.39, 0.29) is 13.2 Å². The predicted molar refractivity (Wildman–Crippen MR) is 111 cm³/mol. The Labute approximate surface area is 173 Å². The zero-order valence-corrected chi connectivity index (χ0v) is 16.9. The molecule has 1 N–H and O–H groups in total. The van der Waals surface area contributed by atoms with Crippen LogP contribution in [0, 0.1) is 6.92 Å². The normalized spacial score (nSPS) is 10.9. The monoisotopic (exact) mass is 410 g/mol. The van der Waals surface area contributed by atoms with E-state index in [0.717, 1.165) is 5.56 Å². The highest BCUT2D eigenvalue weighted by molar-refractivity contribution is 6.04. The minimum absolute atomic E-state index is 0.250. The number of methoxy groups -OCH3 is 1. The topological polar surface area (TPSA) is 99.4 Å². The van der Waals surface area contributed by atoms with Crippen LogP contribution in [0.15, 0.2) is 52.0 Å². The first-order chi connectivity index (χ1) is 14.5. The Hall–Kier alpha value is -3.81. The maximum Gasteiger partial charge on any atom is 0.342 e. The van der Waals surface area contributed by atoms with Gasteiger partial charge in [0.25, 0.3) is 5.91 Å². The molecule has 0 aliphatic carbocycles. The summed E-state index contributed by atoms with van der Waals surface area (Å²) < 4.78 is 21.4. The lowest BCUT2D eigenvalue weighted by Crippen LogP contribution is -2.24. The van der Waals surface area contributed by atoms with Crippen molar-refractivity contribution in [3.8, 4) is 11.5 Å². The van der Waals surface area contributed by atoms with Gasteiger partial charge in [0, 0.05) is 10.9 Å². The molecule has 0 saturated heterocycles. The number of hydrazone groups is 1. The van der Waals surface area contributed by atoms with Crippen LogP contribution in [0.1, 0.15) is 28.6 Å². The summed E-state index contributed by atoms with van der Waals surface area (Å²) in [7, 11) is 1.56. The molecule has 1 amide bonds. The number of hydrogen-bond acceptors (Lipinski definition) is 7. The molecule has 3 aromatic rings. The Bertz CT molecular complexity index is 1090. The molecule has 0 aliphatic heterocycles. The lowest BCUT2D eigenvalue weighted by atomic mass is 10.1. The Morgan fingerprint density at radius 2 is 2.00 bits per heavy atom. The van der Waals surface area contributed by atoms with Crippen molar-refractivity contribution in [2.75, 3.05) is 20.3 Å². The molecule has 0 atom stereocenters. The van der Waals surface area contributed by atoms with E-state index < -0.39 is 11.9 Å². The third kappa shape index (κ3) is 4.78. The summed E-state index contributed by atoms with van der Waals surface area (Å²) >= 11 is 0. The van der Waals surface area contributed by atoms with E-state index in [1.807, 2.05) is 18.2 Å². The first-order valence-corrected chi connectivity index (χ1v) is 9.31. The largest absolute Gasteiger partial charge is 0.496 e. The number of aryl methyl sites for hydroxylation is 1. The molecule has 0 aliphatic rings. The molecule has 156 valence electrons. The standard InChI is InChI=1S/C22H22N2O6/c1-4-28-22(26)21-14(2)30-19-10-9-16(11-17(19)21)29-13-20(25)24-23-12-15-7-5-6-8-18(15)27-3/h5-12H,4,13H2,1-3H3,(H,24,25)/b23-12+. The van der Waals surface area contributed by atoms with Crippen LogP contribution >= 0.6 is 0 Å².